The van der Waals surface area contributed by atoms with E-state index in [-0.39, 0.29) is 0 Å². The summed E-state index contributed by atoms with van der Waals surface area (Å²) < 4.78 is 4.93. The Bertz CT molecular complexity index is 1200. The zero-order valence-corrected chi connectivity index (χ0v) is 13.6. The number of thiophene rings is 2. The lowest BCUT2D eigenvalue weighted by molar-refractivity contribution is 0.426. The van der Waals surface area contributed by atoms with Crippen LogP contribution in [0.2, 0.25) is 0 Å². The zero-order chi connectivity index (χ0) is 15.6. The van der Waals surface area contributed by atoms with Crippen molar-refractivity contribution >= 4 is 75.6 Å². The van der Waals surface area contributed by atoms with E-state index >= 15 is 0 Å². The van der Waals surface area contributed by atoms with Crippen molar-refractivity contribution in [3.8, 4) is 0 Å². The molecule has 0 radical (unpaired) electrons. The lowest BCUT2D eigenvalue weighted by Crippen LogP contribution is -2.29. The van der Waals surface area contributed by atoms with Gasteiger partial charge in [-0.15, -0.1) is 22.7 Å². The van der Waals surface area contributed by atoms with E-state index in [4.69, 9.17) is 0 Å². The molecule has 5 aromatic rings. The summed E-state index contributed by atoms with van der Waals surface area (Å²) in [4.78, 5) is 0. The van der Waals surface area contributed by atoms with Gasteiger partial charge in [0.15, 0.2) is 0 Å². The average Bonchev–Trinajstić information content (AvgIpc) is 3.11. The van der Waals surface area contributed by atoms with Gasteiger partial charge < -0.3 is 10.0 Å². The van der Waals surface area contributed by atoms with E-state index in [0.717, 1.165) is 4.70 Å². The van der Waals surface area contributed by atoms with Gasteiger partial charge in [0.2, 0.25) is 0 Å². The van der Waals surface area contributed by atoms with Crippen LogP contribution in [0.1, 0.15) is 0 Å². The molecule has 0 atom stereocenters. The van der Waals surface area contributed by atoms with Crippen molar-refractivity contribution in [2.24, 2.45) is 0 Å². The third-order valence-electron chi connectivity index (χ3n) is 4.30. The Balaban J connectivity index is 2.01. The van der Waals surface area contributed by atoms with Crippen molar-refractivity contribution in [3.63, 3.8) is 0 Å². The van der Waals surface area contributed by atoms with Crippen LogP contribution in [-0.2, 0) is 0 Å². The predicted octanol–water partition coefficient (Wildman–Crippen LogP) is 4.10. The maximum Gasteiger partial charge on any atom is 0.488 e. The van der Waals surface area contributed by atoms with E-state index in [0.29, 0.717) is 5.46 Å². The molecule has 2 aromatic heterocycles. The monoisotopic (exact) mass is 334 g/mol. The van der Waals surface area contributed by atoms with E-state index in [9.17, 15) is 10.0 Å². The highest BCUT2D eigenvalue weighted by Gasteiger charge is 2.16. The fourth-order valence-corrected chi connectivity index (χ4v) is 5.53. The molecule has 0 spiro atoms. The smallest absolute Gasteiger partial charge is 0.423 e. The Hall–Kier alpha value is -1.92. The van der Waals surface area contributed by atoms with E-state index in [1.807, 2.05) is 23.5 Å². The fraction of sp³-hybridized carbons (Fsp3) is 0. The van der Waals surface area contributed by atoms with Crippen LogP contribution in [0.25, 0.3) is 40.3 Å². The van der Waals surface area contributed by atoms with Gasteiger partial charge in [-0.3, -0.25) is 0 Å². The summed E-state index contributed by atoms with van der Waals surface area (Å²) in [5, 5.41) is 23.9. The van der Waals surface area contributed by atoms with Crippen LogP contribution in [-0.4, -0.2) is 17.2 Å². The largest absolute Gasteiger partial charge is 0.488 e. The highest BCUT2D eigenvalue weighted by Crippen LogP contribution is 2.43. The summed E-state index contributed by atoms with van der Waals surface area (Å²) in [6.45, 7) is 0. The second-order valence-corrected chi connectivity index (χ2v) is 7.81. The maximum absolute atomic E-state index is 9.40. The van der Waals surface area contributed by atoms with Crippen molar-refractivity contribution in [2.75, 3.05) is 0 Å². The molecule has 110 valence electrons. The highest BCUT2D eigenvalue weighted by molar-refractivity contribution is 7.28. The lowest BCUT2D eigenvalue weighted by atomic mass is 9.80. The fourth-order valence-electron chi connectivity index (χ4n) is 3.26. The molecular weight excluding hydrogens is 323 g/mol. The molecule has 0 bridgehead atoms. The van der Waals surface area contributed by atoms with E-state index in [1.165, 1.54) is 35.6 Å². The third-order valence-corrected chi connectivity index (χ3v) is 6.55. The molecule has 0 saturated heterocycles. The second-order valence-electron chi connectivity index (χ2n) is 5.64. The first-order valence-electron chi connectivity index (χ1n) is 7.35. The SMILES string of the molecule is OB(O)c1ccc2c(c1)sc1ccc3sc4ccccc4c3c12. The van der Waals surface area contributed by atoms with Crippen LogP contribution in [0.4, 0.5) is 0 Å². The number of benzene rings is 3. The minimum Gasteiger partial charge on any atom is -0.423 e. The Labute approximate surface area is 140 Å². The standard InChI is InChI=1S/C18H11BO2S2/c20-19(21)10-5-6-12-16(9-10)23-15-8-7-14-17(18(12)15)11-3-1-2-4-13(11)22-14/h1-9,20-21H. The van der Waals surface area contributed by atoms with Gasteiger partial charge >= 0.3 is 7.12 Å². The van der Waals surface area contributed by atoms with Crippen LogP contribution in [0, 0.1) is 0 Å². The summed E-state index contributed by atoms with van der Waals surface area (Å²) in [6.07, 6.45) is 0. The van der Waals surface area contributed by atoms with Crippen LogP contribution >= 0.6 is 22.7 Å². The molecule has 2 N–H and O–H groups in total. The maximum atomic E-state index is 9.40. The Morgan fingerprint density at radius 3 is 2.04 bits per heavy atom. The Morgan fingerprint density at radius 2 is 1.30 bits per heavy atom. The van der Waals surface area contributed by atoms with Crippen molar-refractivity contribution in [3.05, 3.63) is 54.6 Å². The molecule has 0 unspecified atom stereocenters. The van der Waals surface area contributed by atoms with Gasteiger partial charge in [0.1, 0.15) is 0 Å². The molecule has 2 heterocycles. The lowest BCUT2D eigenvalue weighted by Gasteiger charge is -2.00. The molecular formula is C18H11BO2S2. The van der Waals surface area contributed by atoms with E-state index < -0.39 is 7.12 Å². The van der Waals surface area contributed by atoms with Gasteiger partial charge in [-0.25, -0.2) is 0 Å². The quantitative estimate of drug-likeness (QED) is 0.453. The first-order chi connectivity index (χ1) is 11.2. The molecule has 0 aliphatic rings. The van der Waals surface area contributed by atoms with Gasteiger partial charge in [-0.05, 0) is 29.7 Å². The number of hydrogen-bond donors (Lipinski definition) is 2. The summed E-state index contributed by atoms with van der Waals surface area (Å²) in [5.74, 6) is 0. The number of hydrogen-bond acceptors (Lipinski definition) is 4. The van der Waals surface area contributed by atoms with Gasteiger partial charge in [0.25, 0.3) is 0 Å². The highest BCUT2D eigenvalue weighted by atomic mass is 32.1. The number of rotatable bonds is 1. The molecule has 2 nitrogen and oxygen atoms in total. The molecule has 3 aromatic carbocycles. The average molecular weight is 334 g/mol. The summed E-state index contributed by atoms with van der Waals surface area (Å²) >= 11 is 3.52. The first kappa shape index (κ1) is 13.5. The second kappa shape index (κ2) is 4.79. The molecule has 0 amide bonds. The van der Waals surface area contributed by atoms with Gasteiger partial charge in [-0.1, -0.05) is 30.3 Å². The number of fused-ring (bicyclic) bond motifs is 7. The van der Waals surface area contributed by atoms with Gasteiger partial charge in [0.05, 0.1) is 0 Å². The molecule has 0 saturated carbocycles. The third kappa shape index (κ3) is 1.88. The topological polar surface area (TPSA) is 40.5 Å². The van der Waals surface area contributed by atoms with Crippen molar-refractivity contribution in [1.29, 1.82) is 0 Å². The summed E-state index contributed by atoms with van der Waals surface area (Å²) in [5.41, 5.74) is 0.537. The molecule has 0 aliphatic heterocycles. The molecule has 0 aliphatic carbocycles. The zero-order valence-electron chi connectivity index (χ0n) is 12.0. The van der Waals surface area contributed by atoms with Crippen molar-refractivity contribution < 1.29 is 10.0 Å². The summed E-state index contributed by atoms with van der Waals surface area (Å²) in [7, 11) is -1.42. The van der Waals surface area contributed by atoms with Crippen LogP contribution in [0.3, 0.4) is 0 Å². The van der Waals surface area contributed by atoms with Crippen LogP contribution < -0.4 is 5.46 Å². The minimum atomic E-state index is -1.42. The molecule has 23 heavy (non-hydrogen) atoms. The normalized spacial score (nSPS) is 11.9. The van der Waals surface area contributed by atoms with Crippen LogP contribution in [0.5, 0.6) is 0 Å². The van der Waals surface area contributed by atoms with Crippen molar-refractivity contribution in [2.45, 2.75) is 0 Å². The molecule has 5 heteroatoms. The molecule has 5 rings (SSSR count). The molecule has 0 fully saturated rings. The van der Waals surface area contributed by atoms with E-state index in [2.05, 4.69) is 36.4 Å². The van der Waals surface area contributed by atoms with Gasteiger partial charge in [-0.2, -0.15) is 0 Å². The predicted molar refractivity (Wildman–Crippen MR) is 102 cm³/mol. The Kier molecular flexibility index (Phi) is 2.81. The van der Waals surface area contributed by atoms with Gasteiger partial charge in [0, 0.05) is 40.3 Å². The Morgan fingerprint density at radius 1 is 0.652 bits per heavy atom. The van der Waals surface area contributed by atoms with Crippen LogP contribution in [0.15, 0.2) is 54.6 Å². The first-order valence-corrected chi connectivity index (χ1v) is 8.98. The van der Waals surface area contributed by atoms with E-state index in [1.54, 1.807) is 17.4 Å². The minimum absolute atomic E-state index is 0.537. The summed E-state index contributed by atoms with van der Waals surface area (Å²) in [6, 6.07) is 18.6. The van der Waals surface area contributed by atoms with Crippen molar-refractivity contribution in [1.82, 2.24) is 0 Å².